The summed E-state index contributed by atoms with van der Waals surface area (Å²) in [5, 5.41) is 79.4. The molecule has 6 rings (SSSR count). The highest BCUT2D eigenvalue weighted by Gasteiger charge is 2.50. The Hall–Kier alpha value is -8.73. The zero-order valence-corrected chi connectivity index (χ0v) is 77.2. The lowest BCUT2D eigenvalue weighted by molar-refractivity contribution is -0.387. The van der Waals surface area contributed by atoms with Crippen LogP contribution in [0.2, 0.25) is 0 Å². The molecule has 0 radical (unpaired) electrons. The Kier molecular flexibility index (Phi) is 50.5. The molecule has 0 unspecified atom stereocenters. The predicted octanol–water partition coefficient (Wildman–Crippen LogP) is 3.99. The third kappa shape index (κ3) is 36.3. The number of carbonyl (C=O) groups excluding carboxylic acids is 8. The molecule has 732 valence electrons. The summed E-state index contributed by atoms with van der Waals surface area (Å²) >= 11 is 0. The number of likely N-dealkylation sites (N-methyl/N-ethyl adjacent to an activating group) is 2. The van der Waals surface area contributed by atoms with Gasteiger partial charge in [0.2, 0.25) is 29.9 Å². The number of nitrogens with one attached hydrogen (secondary N) is 2. The molecule has 3 aromatic rings. The molecule has 130 heavy (non-hydrogen) atoms. The van der Waals surface area contributed by atoms with E-state index in [2.05, 4.69) is 20.9 Å². The lowest BCUT2D eigenvalue weighted by atomic mass is 9.85. The van der Waals surface area contributed by atoms with E-state index >= 15 is 4.79 Å². The molecule has 2 fully saturated rings. The minimum Gasteiger partial charge on any atom is -0.479 e. The number of aliphatic hydroxyl groups excluding tert-OH is 4. The van der Waals surface area contributed by atoms with E-state index in [1.807, 2.05) is 51.1 Å². The number of benzene rings is 2. The fraction of sp³-hybridized carbons (Fsp3) is 0.719. The van der Waals surface area contributed by atoms with Crippen molar-refractivity contribution in [1.82, 2.24) is 45.2 Å². The van der Waals surface area contributed by atoms with Gasteiger partial charge in [-0.25, -0.2) is 14.3 Å². The minimum atomic E-state index is -2.10. The van der Waals surface area contributed by atoms with Gasteiger partial charge in [-0.05, 0) is 66.5 Å². The first kappa shape index (κ1) is 110. The number of carboxylic acid groups (broad SMARTS) is 1. The van der Waals surface area contributed by atoms with Crippen LogP contribution in [0.5, 0.6) is 5.75 Å². The maximum atomic E-state index is 15.1. The standard InChI is InChI=1S/C89H140N10O31/c1-13-60(6)78(71(116-11)56-75(104)97-31-20-23-66(97)83(117-12)62(8)68(100)53-61(7)79(105)63-21-16-14-17-22-63)94(9)86(110)76(58(2)3)91-85(109)77(59(4)5)95(10)89(113)129-70(64-25-26-69(67(54-64)99(114)115)128-88-82(108)80(106)81(107)84(130-88)87(111)112)55-65-57-96(93-92-65)32-34-119-36-38-121-40-42-123-44-46-125-48-50-127-52-51-126-49-47-124-45-43-122-41-39-120-37-35-118-33-29-90-72(101)24-18-15-19-30-98-73(102)27-28-74(98)103/h14,16-17,21-22,25-28,54,57-62,66,70-71,76-84,88,105-108H,13,15,18-20,23-24,29-53,55-56H2,1-12H3,(H,90,101)(H,91,109)(H,111,112)/t60-,61-,62-,66-,70-,71+,76-,77-,78-,79+,80-,81-,82+,83+,84-,88+/m0/s1. The Labute approximate surface area is 760 Å². The quantitative estimate of drug-likeness (QED) is 0.0182. The van der Waals surface area contributed by atoms with E-state index in [1.54, 1.807) is 46.6 Å². The average Bonchev–Trinajstić information content (AvgIpc) is 0.862. The monoisotopic (exact) mass is 1840 g/mol. The van der Waals surface area contributed by atoms with Crippen LogP contribution in [-0.4, -0.2) is 366 Å². The molecule has 41 heteroatoms. The smallest absolute Gasteiger partial charge is 0.410 e. The molecule has 3 aliphatic rings. The first-order valence-electron chi connectivity index (χ1n) is 44.8. The first-order valence-corrected chi connectivity index (χ1v) is 44.8. The summed E-state index contributed by atoms with van der Waals surface area (Å²) < 4.78 is 86.5. The fourth-order valence-corrected chi connectivity index (χ4v) is 15.3. The van der Waals surface area contributed by atoms with E-state index < -0.39 is 143 Å². The maximum absolute atomic E-state index is 15.1. The molecule has 2 aromatic carbocycles. The van der Waals surface area contributed by atoms with Gasteiger partial charge in [0, 0.05) is 97.5 Å². The van der Waals surface area contributed by atoms with Gasteiger partial charge in [0.15, 0.2) is 11.9 Å². The van der Waals surface area contributed by atoms with Crippen LogP contribution in [-0.2, 0) is 118 Å². The third-order valence-electron chi connectivity index (χ3n) is 22.8. The van der Waals surface area contributed by atoms with E-state index in [0.29, 0.717) is 176 Å². The number of hydrogen-bond acceptors (Lipinski definition) is 32. The van der Waals surface area contributed by atoms with Gasteiger partial charge >= 0.3 is 17.7 Å². The number of Topliss-reactive ketones (excluding diaryl/α,β-unsaturated/α-hetero) is 1. The van der Waals surface area contributed by atoms with Crippen molar-refractivity contribution < 1.29 is 145 Å². The number of carboxylic acids is 1. The van der Waals surface area contributed by atoms with Crippen LogP contribution >= 0.6 is 0 Å². The van der Waals surface area contributed by atoms with Crippen LogP contribution in [0.3, 0.4) is 0 Å². The van der Waals surface area contributed by atoms with E-state index in [0.717, 1.165) is 23.5 Å². The van der Waals surface area contributed by atoms with Crippen molar-refractivity contribution >= 4 is 59.0 Å². The van der Waals surface area contributed by atoms with Crippen LogP contribution in [0, 0.1) is 39.7 Å². The van der Waals surface area contributed by atoms with Gasteiger partial charge < -0.3 is 117 Å². The second-order valence-electron chi connectivity index (χ2n) is 33.0. The summed E-state index contributed by atoms with van der Waals surface area (Å²) in [5.41, 5.74) is 0.111. The summed E-state index contributed by atoms with van der Waals surface area (Å²) in [4.78, 5) is 138. The number of unbranched alkanes of at least 4 members (excludes halogenated alkanes) is 2. The number of imide groups is 1. The summed E-state index contributed by atoms with van der Waals surface area (Å²) in [6, 6.07) is 8.78. The molecule has 3 aliphatic heterocycles. The number of nitro groups is 1. The highest BCUT2D eigenvalue weighted by Crippen LogP contribution is 2.37. The van der Waals surface area contributed by atoms with Crippen molar-refractivity contribution in [3.8, 4) is 5.75 Å². The SMILES string of the molecule is CC[C@H](C)[C@@H]([C@@H](CC(=O)N1CCC[C@H]1[C@H](OC)[C@@H](C)C(=O)C[C@H](C)[C@@H](O)c1ccccc1)OC)N(C)C(=O)[C@@H](NC(=O)[C@H](C(C)C)N(C)C(=O)O[C@@H](Cc1cn(CCOCCOCCOCCOCCOCCOCCOCCOCCOCCOCCNC(=O)CCCCCN2C(=O)C=CC2=O)nn1)c1ccc(O[C@@H]2O[C@H](C(=O)O)[C@@H](O)[C@H](O)[C@H]2O)c([N+](=O)[O-])c1)C(C)C. The molecule has 7 amide bonds. The number of aromatic nitrogens is 3. The van der Waals surface area contributed by atoms with Gasteiger partial charge in [-0.3, -0.25) is 53.5 Å². The topological polar surface area (TPSA) is 504 Å². The Balaban J connectivity index is 0.913. The summed E-state index contributed by atoms with van der Waals surface area (Å²) in [7, 11) is 5.89. The molecular formula is C89H140N10O31. The lowest BCUT2D eigenvalue weighted by Gasteiger charge is -2.41. The molecule has 0 aliphatic carbocycles. The van der Waals surface area contributed by atoms with Gasteiger partial charge in [-0.1, -0.05) is 110 Å². The molecular weight excluding hydrogens is 1710 g/mol. The zero-order valence-electron chi connectivity index (χ0n) is 77.2. The largest absolute Gasteiger partial charge is 0.479 e. The molecule has 0 bridgehead atoms. The van der Waals surface area contributed by atoms with Crippen molar-refractivity contribution in [1.29, 1.82) is 0 Å². The zero-order chi connectivity index (χ0) is 95.2. The highest BCUT2D eigenvalue weighted by atomic mass is 16.7. The number of methoxy groups -OCH3 is 2. The van der Waals surface area contributed by atoms with Gasteiger partial charge in [0.1, 0.15) is 42.3 Å². The Bertz CT molecular complexity index is 3910. The maximum Gasteiger partial charge on any atom is 0.410 e. The molecule has 4 heterocycles. The molecule has 0 spiro atoms. The molecule has 7 N–H and O–H groups in total. The first-order chi connectivity index (χ1) is 62.3. The van der Waals surface area contributed by atoms with Crippen LogP contribution in [0.25, 0.3) is 0 Å². The molecule has 0 saturated carbocycles. The number of carbonyl (C=O) groups is 9. The van der Waals surface area contributed by atoms with Gasteiger partial charge in [-0.2, -0.15) is 0 Å². The normalized spacial score (nSPS) is 19.3. The van der Waals surface area contributed by atoms with Gasteiger partial charge in [-0.15, -0.1) is 5.10 Å². The minimum absolute atomic E-state index is 0.0229. The molecule has 2 saturated heterocycles. The number of amides is 7. The number of ketones is 1. The van der Waals surface area contributed by atoms with Crippen LogP contribution in [0.4, 0.5) is 10.5 Å². The highest BCUT2D eigenvalue weighted by molar-refractivity contribution is 6.12. The van der Waals surface area contributed by atoms with E-state index in [4.69, 9.17) is 71.1 Å². The second-order valence-corrected chi connectivity index (χ2v) is 33.0. The van der Waals surface area contributed by atoms with Crippen LogP contribution in [0.1, 0.15) is 142 Å². The number of aliphatic hydroxyl groups is 4. The fourth-order valence-electron chi connectivity index (χ4n) is 15.3. The average molecular weight is 1850 g/mol. The van der Waals surface area contributed by atoms with E-state index in [9.17, 15) is 74.0 Å². The van der Waals surface area contributed by atoms with Crippen molar-refractivity contribution in [2.45, 2.75) is 205 Å². The van der Waals surface area contributed by atoms with Crippen molar-refractivity contribution in [3.63, 3.8) is 0 Å². The van der Waals surface area contributed by atoms with Crippen molar-refractivity contribution in [2.75, 3.05) is 180 Å². The molecule has 1 aromatic heterocycles. The van der Waals surface area contributed by atoms with Crippen LogP contribution < -0.4 is 15.4 Å². The molecule has 41 nitrogen and oxygen atoms in total. The number of nitro benzene ring substituents is 1. The van der Waals surface area contributed by atoms with Crippen molar-refractivity contribution in [2.24, 2.45) is 29.6 Å². The van der Waals surface area contributed by atoms with Crippen LogP contribution in [0.15, 0.2) is 66.9 Å². The predicted molar refractivity (Wildman–Crippen MR) is 466 cm³/mol. The van der Waals surface area contributed by atoms with Gasteiger partial charge in [0.25, 0.3) is 11.8 Å². The van der Waals surface area contributed by atoms with Crippen molar-refractivity contribution in [3.05, 3.63) is 93.8 Å². The Morgan fingerprint density at radius 2 is 1.21 bits per heavy atom. The van der Waals surface area contributed by atoms with E-state index in [1.165, 1.54) is 60.2 Å². The number of ether oxygens (including phenoxy) is 15. The Morgan fingerprint density at radius 3 is 1.72 bits per heavy atom. The number of likely N-dealkylation sites (tertiary alicyclic amines) is 1. The number of rotatable bonds is 68. The second kappa shape index (κ2) is 59.7. The third-order valence-corrected chi connectivity index (χ3v) is 22.8. The Morgan fingerprint density at radius 1 is 0.654 bits per heavy atom. The number of nitrogens with zero attached hydrogens (tertiary/aromatic N) is 8. The number of aliphatic carboxylic acids is 1. The molecule has 16 atom stereocenters. The number of hydrogen-bond donors (Lipinski definition) is 7. The summed E-state index contributed by atoms with van der Waals surface area (Å²) in [6.07, 6.45) is -7.40. The summed E-state index contributed by atoms with van der Waals surface area (Å²) in [6.45, 7) is 22.7. The summed E-state index contributed by atoms with van der Waals surface area (Å²) in [5.74, 6) is -7.06. The van der Waals surface area contributed by atoms with E-state index in [-0.39, 0.29) is 92.2 Å². The lowest BCUT2D eigenvalue weighted by Crippen LogP contribution is -2.61. The van der Waals surface area contributed by atoms with Gasteiger partial charge in [0.05, 0.1) is 186 Å².